The van der Waals surface area contributed by atoms with Gasteiger partial charge >= 0.3 is 0 Å². The van der Waals surface area contributed by atoms with Crippen LogP contribution in [0.3, 0.4) is 0 Å². The fourth-order valence-corrected chi connectivity index (χ4v) is 5.94. The molecule has 4 heterocycles. The summed E-state index contributed by atoms with van der Waals surface area (Å²) in [6.07, 6.45) is 0. The molecule has 0 bridgehead atoms. The first-order chi connectivity index (χ1) is 15.8. The average Bonchev–Trinajstić information content (AvgIpc) is 3.65. The fraction of sp³-hybridized carbons (Fsp3) is 0. The molecule has 0 aliphatic heterocycles. The van der Waals surface area contributed by atoms with Crippen LogP contribution >= 0.6 is 22.7 Å². The molecule has 0 atom stereocenters. The molecule has 6 aromatic rings. The second-order valence-electron chi connectivity index (χ2n) is 7.63. The van der Waals surface area contributed by atoms with E-state index in [4.69, 9.17) is 0 Å². The number of aromatic nitrogens is 2. The maximum atomic E-state index is 3.57. The molecule has 2 nitrogen and oxygen atoms in total. The Labute approximate surface area is 194 Å². The Balaban J connectivity index is 1.24. The average molecular weight is 449 g/mol. The van der Waals surface area contributed by atoms with Crippen LogP contribution in [-0.4, -0.2) is 9.97 Å². The highest BCUT2D eigenvalue weighted by atomic mass is 32.1. The second kappa shape index (κ2) is 8.15. The number of rotatable bonds is 5. The van der Waals surface area contributed by atoms with Gasteiger partial charge in [0.2, 0.25) is 0 Å². The number of benzene rings is 2. The number of hydrogen-bond acceptors (Lipinski definition) is 2. The van der Waals surface area contributed by atoms with Gasteiger partial charge in [0, 0.05) is 21.1 Å². The van der Waals surface area contributed by atoms with E-state index in [0.29, 0.717) is 0 Å². The van der Waals surface area contributed by atoms with Crippen molar-refractivity contribution < 1.29 is 0 Å². The molecule has 4 aromatic heterocycles. The fourth-order valence-electron chi connectivity index (χ4n) is 3.88. The van der Waals surface area contributed by atoms with Crippen LogP contribution in [0.15, 0.2) is 109 Å². The van der Waals surface area contributed by atoms with Crippen molar-refractivity contribution in [3.63, 3.8) is 0 Å². The van der Waals surface area contributed by atoms with Crippen LogP contribution in [0.5, 0.6) is 0 Å². The summed E-state index contributed by atoms with van der Waals surface area (Å²) >= 11 is 3.65. The first-order valence-corrected chi connectivity index (χ1v) is 12.2. The summed E-state index contributed by atoms with van der Waals surface area (Å²) in [6.45, 7) is 0. The number of thiophene rings is 2. The summed E-state index contributed by atoms with van der Waals surface area (Å²) in [4.78, 5) is 12.2. The molecule has 154 valence electrons. The van der Waals surface area contributed by atoms with Crippen molar-refractivity contribution in [2.75, 3.05) is 0 Å². The summed E-state index contributed by atoms with van der Waals surface area (Å²) in [6, 6.07) is 38.4. The molecule has 2 N–H and O–H groups in total. The Kier molecular flexibility index (Phi) is 4.87. The SMILES string of the molecule is c1ccc(-c2ccc(-c3ccc(-c4ccc(-c5ccc(-c6ccccc6)[nH]5)s4)s3)[nH]2)cc1. The zero-order valence-corrected chi connectivity index (χ0v) is 18.8. The Bertz CT molecular complexity index is 1350. The minimum Gasteiger partial charge on any atom is -0.354 e. The summed E-state index contributed by atoms with van der Waals surface area (Å²) in [5.41, 5.74) is 7.03. The molecule has 6 rings (SSSR count). The van der Waals surface area contributed by atoms with E-state index in [0.717, 1.165) is 22.8 Å². The largest absolute Gasteiger partial charge is 0.354 e. The molecule has 4 heteroatoms. The number of H-pyrrole nitrogens is 2. The molecule has 0 aliphatic rings. The van der Waals surface area contributed by atoms with Crippen molar-refractivity contribution in [1.29, 1.82) is 0 Å². The highest BCUT2D eigenvalue weighted by Gasteiger charge is 2.12. The van der Waals surface area contributed by atoms with E-state index in [1.54, 1.807) is 0 Å². The lowest BCUT2D eigenvalue weighted by atomic mass is 10.2. The van der Waals surface area contributed by atoms with Crippen LogP contribution in [0, 0.1) is 0 Å². The van der Waals surface area contributed by atoms with Gasteiger partial charge in [-0.3, -0.25) is 0 Å². The van der Waals surface area contributed by atoms with Gasteiger partial charge in [-0.05, 0) is 59.7 Å². The summed E-state index contributed by atoms with van der Waals surface area (Å²) < 4.78 is 0. The molecule has 0 unspecified atom stereocenters. The lowest BCUT2D eigenvalue weighted by Crippen LogP contribution is -1.76. The van der Waals surface area contributed by atoms with Crippen molar-refractivity contribution in [1.82, 2.24) is 9.97 Å². The Morgan fingerprint density at radius 2 is 0.719 bits per heavy atom. The van der Waals surface area contributed by atoms with Crippen LogP contribution in [0.2, 0.25) is 0 Å². The van der Waals surface area contributed by atoms with E-state index in [9.17, 15) is 0 Å². The van der Waals surface area contributed by atoms with Gasteiger partial charge in [-0.1, -0.05) is 60.7 Å². The number of aromatic amines is 2. The van der Waals surface area contributed by atoms with Gasteiger partial charge in [0.05, 0.1) is 21.1 Å². The number of nitrogens with one attached hydrogen (secondary N) is 2. The molecular formula is C28H20N2S2. The normalized spacial score (nSPS) is 11.1. The van der Waals surface area contributed by atoms with Crippen LogP contribution in [0.4, 0.5) is 0 Å². The molecule has 0 fully saturated rings. The topological polar surface area (TPSA) is 31.6 Å². The van der Waals surface area contributed by atoms with E-state index < -0.39 is 0 Å². The third-order valence-electron chi connectivity index (χ3n) is 5.53. The zero-order chi connectivity index (χ0) is 21.3. The standard InChI is InChI=1S/C28H20N2S2/c1-3-7-19(8-4-1)21-11-13-23(29-21)25-15-17-27(31-25)28-18-16-26(32-28)24-14-12-22(30-24)20-9-5-2-6-10-20/h1-18,29-30H. The summed E-state index contributed by atoms with van der Waals surface area (Å²) in [5.74, 6) is 0. The minimum absolute atomic E-state index is 1.15. The van der Waals surface area contributed by atoms with Gasteiger partial charge < -0.3 is 9.97 Å². The van der Waals surface area contributed by atoms with Crippen LogP contribution < -0.4 is 0 Å². The molecule has 0 amide bonds. The van der Waals surface area contributed by atoms with Crippen LogP contribution in [0.25, 0.3) is 53.4 Å². The van der Waals surface area contributed by atoms with E-state index in [-0.39, 0.29) is 0 Å². The Hall–Kier alpha value is -3.60. The Morgan fingerprint density at radius 3 is 1.16 bits per heavy atom. The summed E-state index contributed by atoms with van der Waals surface area (Å²) in [5, 5.41) is 0. The van der Waals surface area contributed by atoms with E-state index in [1.807, 2.05) is 34.8 Å². The minimum atomic E-state index is 1.15. The van der Waals surface area contributed by atoms with Crippen molar-refractivity contribution in [3.05, 3.63) is 109 Å². The molecule has 0 aliphatic carbocycles. The molecular weight excluding hydrogens is 428 g/mol. The van der Waals surface area contributed by atoms with Gasteiger partial charge in [-0.2, -0.15) is 0 Å². The highest BCUT2D eigenvalue weighted by Crippen LogP contribution is 2.40. The van der Waals surface area contributed by atoms with Crippen molar-refractivity contribution in [2.24, 2.45) is 0 Å². The smallest absolute Gasteiger partial charge is 0.0560 e. The van der Waals surface area contributed by atoms with Crippen molar-refractivity contribution in [3.8, 4) is 53.4 Å². The van der Waals surface area contributed by atoms with Gasteiger partial charge in [0.1, 0.15) is 0 Å². The quantitative estimate of drug-likeness (QED) is 0.264. The van der Waals surface area contributed by atoms with Gasteiger partial charge in [0.15, 0.2) is 0 Å². The maximum absolute atomic E-state index is 3.57. The van der Waals surface area contributed by atoms with Gasteiger partial charge in [-0.25, -0.2) is 0 Å². The first kappa shape index (κ1) is 19.1. The van der Waals surface area contributed by atoms with Crippen molar-refractivity contribution >= 4 is 22.7 Å². The van der Waals surface area contributed by atoms with Crippen LogP contribution in [0.1, 0.15) is 0 Å². The second-order valence-corrected chi connectivity index (χ2v) is 9.80. The molecule has 32 heavy (non-hydrogen) atoms. The van der Waals surface area contributed by atoms with Crippen LogP contribution in [-0.2, 0) is 0 Å². The third-order valence-corrected chi connectivity index (χ3v) is 7.96. The maximum Gasteiger partial charge on any atom is 0.0560 e. The lowest BCUT2D eigenvalue weighted by molar-refractivity contribution is 1.41. The molecule has 0 spiro atoms. The van der Waals surface area contributed by atoms with E-state index in [2.05, 4.69) is 107 Å². The zero-order valence-electron chi connectivity index (χ0n) is 17.2. The monoisotopic (exact) mass is 448 g/mol. The molecule has 2 aromatic carbocycles. The predicted molar refractivity (Wildman–Crippen MR) is 138 cm³/mol. The third kappa shape index (κ3) is 3.64. The summed E-state index contributed by atoms with van der Waals surface area (Å²) in [7, 11) is 0. The van der Waals surface area contributed by atoms with E-state index >= 15 is 0 Å². The number of hydrogen-bond donors (Lipinski definition) is 2. The van der Waals surface area contributed by atoms with Crippen molar-refractivity contribution in [2.45, 2.75) is 0 Å². The van der Waals surface area contributed by atoms with Gasteiger partial charge in [-0.15, -0.1) is 22.7 Å². The predicted octanol–water partition coefficient (Wildman–Crippen LogP) is 8.80. The highest BCUT2D eigenvalue weighted by molar-refractivity contribution is 7.25. The van der Waals surface area contributed by atoms with E-state index in [1.165, 1.54) is 30.6 Å². The lowest BCUT2D eigenvalue weighted by Gasteiger charge is -1.97. The Morgan fingerprint density at radius 1 is 0.344 bits per heavy atom. The molecule has 0 saturated heterocycles. The van der Waals surface area contributed by atoms with Gasteiger partial charge in [0.25, 0.3) is 0 Å². The first-order valence-electron chi connectivity index (χ1n) is 10.5. The molecule has 0 radical (unpaired) electrons. The molecule has 0 saturated carbocycles.